The molecule has 1 aliphatic carbocycles. The minimum Gasteiger partial charge on any atom is -0.467 e. The molecule has 0 amide bonds. The molecule has 1 aliphatic heterocycles. The average Bonchev–Trinajstić information content (AvgIpc) is 2.89. The van der Waals surface area contributed by atoms with E-state index in [0.29, 0.717) is 11.3 Å². The van der Waals surface area contributed by atoms with Gasteiger partial charge in [-0.05, 0) is 36.8 Å². The number of anilines is 1. The second-order valence-electron chi connectivity index (χ2n) is 10.1. The van der Waals surface area contributed by atoms with Crippen LogP contribution in [0.5, 0.6) is 11.5 Å². The zero-order chi connectivity index (χ0) is 25.5. The van der Waals surface area contributed by atoms with E-state index >= 15 is 0 Å². The fourth-order valence-electron chi connectivity index (χ4n) is 5.03. The Bertz CT molecular complexity index is 1530. The fourth-order valence-corrected chi connectivity index (χ4v) is 8.85. The van der Waals surface area contributed by atoms with Crippen LogP contribution >= 0.6 is 16.3 Å². The van der Waals surface area contributed by atoms with Gasteiger partial charge < -0.3 is 14.4 Å². The molecule has 4 nitrogen and oxygen atoms in total. The summed E-state index contributed by atoms with van der Waals surface area (Å²) in [4.78, 5) is 5.20. The summed E-state index contributed by atoms with van der Waals surface area (Å²) in [5, 5.41) is 8.63. The first-order chi connectivity index (χ1) is 18.0. The maximum atomic E-state index is 6.92. The Balaban J connectivity index is 1.63. The lowest BCUT2D eigenvalue weighted by molar-refractivity contribution is 0.608. The van der Waals surface area contributed by atoms with Gasteiger partial charge in [-0.2, -0.15) is 0 Å². The van der Waals surface area contributed by atoms with Crippen LogP contribution in [0.3, 0.4) is 0 Å². The van der Waals surface area contributed by atoms with E-state index in [9.17, 15) is 0 Å². The third-order valence-electron chi connectivity index (χ3n) is 6.78. The van der Waals surface area contributed by atoms with Crippen LogP contribution in [0, 0.1) is 0 Å². The number of para-hydroxylation sites is 3. The van der Waals surface area contributed by atoms with Crippen LogP contribution in [0.2, 0.25) is 0 Å². The van der Waals surface area contributed by atoms with E-state index in [2.05, 4.69) is 118 Å². The van der Waals surface area contributed by atoms with Gasteiger partial charge in [-0.3, -0.25) is 0 Å². The molecule has 2 aliphatic rings. The quantitative estimate of drug-likeness (QED) is 0.210. The van der Waals surface area contributed by atoms with E-state index in [0.717, 1.165) is 45.4 Å². The summed E-state index contributed by atoms with van der Waals surface area (Å²) in [5.41, 5.74) is 3.59. The number of hydrogen-bond acceptors (Lipinski definition) is 4. The molecule has 2 heterocycles. The molecule has 0 radical (unpaired) electrons. The van der Waals surface area contributed by atoms with Crippen molar-refractivity contribution in [3.8, 4) is 11.5 Å². The van der Waals surface area contributed by atoms with Crippen molar-refractivity contribution in [1.29, 1.82) is 0 Å². The Morgan fingerprint density at radius 3 is 2.14 bits per heavy atom. The van der Waals surface area contributed by atoms with Crippen LogP contribution in [0.4, 0.5) is 5.69 Å². The van der Waals surface area contributed by atoms with Gasteiger partial charge in [0.05, 0.1) is 6.04 Å². The summed E-state index contributed by atoms with van der Waals surface area (Å²) in [6, 6.07) is 23.5. The third-order valence-corrected chi connectivity index (χ3v) is 11.3. The minimum absolute atomic E-state index is 0.161. The average molecular weight is 527 g/mol. The number of nitrogens with one attached hydrogen (secondary N) is 1. The Morgan fingerprint density at radius 2 is 1.46 bits per heavy atom. The van der Waals surface area contributed by atoms with Gasteiger partial charge in [0, 0.05) is 38.4 Å². The van der Waals surface area contributed by atoms with Gasteiger partial charge in [-0.1, -0.05) is 82.3 Å². The van der Waals surface area contributed by atoms with Gasteiger partial charge >= 0.3 is 0 Å². The van der Waals surface area contributed by atoms with Crippen molar-refractivity contribution in [2.24, 2.45) is 0 Å². The van der Waals surface area contributed by atoms with Gasteiger partial charge in [0.25, 0.3) is 0 Å². The summed E-state index contributed by atoms with van der Waals surface area (Å²) >= 11 is 0. The predicted octanol–water partition coefficient (Wildman–Crippen LogP) is 8.72. The summed E-state index contributed by atoms with van der Waals surface area (Å²) in [6.07, 6.45) is 7.60. The number of fused-ring (bicyclic) bond motifs is 2. The standard InChI is InChI=1S/C31H32N2O2P2/c1-20(2)36-28-17-7-5-13-24(28)32-25-14-6-8-18-29(25)37(21(3)4)35-27-16-10-12-23-19-22-11-9-15-26(34-36)30(22)33-31(23)27/h5-13,15-21,25,32H,14H2,1-4H3. The van der Waals surface area contributed by atoms with Crippen molar-refractivity contribution in [2.75, 3.05) is 5.32 Å². The Morgan fingerprint density at radius 1 is 0.811 bits per heavy atom. The van der Waals surface area contributed by atoms with Crippen molar-refractivity contribution in [2.45, 2.75) is 51.5 Å². The lowest BCUT2D eigenvalue weighted by atomic mass is 10.1. The largest absolute Gasteiger partial charge is 0.467 e. The highest BCUT2D eigenvalue weighted by Gasteiger charge is 2.31. The van der Waals surface area contributed by atoms with E-state index in [1.54, 1.807) is 0 Å². The molecule has 0 fully saturated rings. The van der Waals surface area contributed by atoms with E-state index in [1.165, 1.54) is 10.6 Å². The van der Waals surface area contributed by atoms with Gasteiger partial charge in [-0.15, -0.1) is 0 Å². The van der Waals surface area contributed by atoms with Crippen LogP contribution in [0.1, 0.15) is 34.1 Å². The number of benzene rings is 3. The highest BCUT2D eigenvalue weighted by Crippen LogP contribution is 2.55. The van der Waals surface area contributed by atoms with E-state index in [4.69, 9.17) is 14.0 Å². The number of aromatic nitrogens is 1. The zero-order valence-electron chi connectivity index (χ0n) is 21.7. The molecular formula is C31H32N2O2P2. The molecule has 1 N–H and O–H groups in total. The number of hydrogen-bond donors (Lipinski definition) is 1. The SMILES string of the molecule is CC(C)P1Oc2cccc3cc4cccc(c4nc23)OP(C(C)C)c2ccccc2NC2CC=CC=C21. The van der Waals surface area contributed by atoms with Gasteiger partial charge in [-0.25, -0.2) is 4.98 Å². The van der Waals surface area contributed by atoms with Crippen LogP contribution in [-0.4, -0.2) is 22.3 Å². The number of allylic oxidation sites excluding steroid dienone is 2. The first kappa shape index (κ1) is 24.4. The smallest absolute Gasteiger partial charge is 0.150 e. The molecule has 0 saturated heterocycles. The number of nitrogens with zero attached hydrogens (tertiary/aromatic N) is 1. The van der Waals surface area contributed by atoms with Gasteiger partial charge in [0.2, 0.25) is 0 Å². The molecule has 37 heavy (non-hydrogen) atoms. The van der Waals surface area contributed by atoms with Crippen LogP contribution < -0.4 is 19.7 Å². The van der Waals surface area contributed by atoms with Crippen LogP contribution in [0.15, 0.2) is 90.3 Å². The molecule has 0 saturated carbocycles. The van der Waals surface area contributed by atoms with E-state index in [-0.39, 0.29) is 6.04 Å². The highest BCUT2D eigenvalue weighted by molar-refractivity contribution is 7.62. The normalized spacial score (nSPS) is 21.2. The first-order valence-electron chi connectivity index (χ1n) is 13.0. The second-order valence-corrected chi connectivity index (χ2v) is 14.9. The number of rotatable bonds is 2. The Hall–Kier alpha value is -2.93. The molecule has 4 aromatic rings. The monoisotopic (exact) mass is 526 g/mol. The van der Waals surface area contributed by atoms with Crippen molar-refractivity contribution in [3.63, 3.8) is 0 Å². The molecule has 6 rings (SSSR count). The van der Waals surface area contributed by atoms with E-state index < -0.39 is 16.3 Å². The summed E-state index contributed by atoms with van der Waals surface area (Å²) < 4.78 is 13.8. The molecule has 188 valence electrons. The summed E-state index contributed by atoms with van der Waals surface area (Å²) in [6.45, 7) is 9.02. The molecule has 3 unspecified atom stereocenters. The molecule has 6 heteroatoms. The maximum absolute atomic E-state index is 6.92. The Labute approximate surface area is 221 Å². The molecule has 2 bridgehead atoms. The minimum atomic E-state index is -0.948. The predicted molar refractivity (Wildman–Crippen MR) is 160 cm³/mol. The molecule has 0 spiro atoms. The van der Waals surface area contributed by atoms with Gasteiger partial charge in [0.1, 0.15) is 38.8 Å². The third kappa shape index (κ3) is 4.63. The summed E-state index contributed by atoms with van der Waals surface area (Å²) in [7, 11) is -1.86. The van der Waals surface area contributed by atoms with Crippen molar-refractivity contribution in [1.82, 2.24) is 4.98 Å². The molecular weight excluding hydrogens is 494 g/mol. The van der Waals surface area contributed by atoms with Crippen molar-refractivity contribution in [3.05, 3.63) is 90.3 Å². The number of pyridine rings is 1. The first-order valence-corrected chi connectivity index (χ1v) is 15.6. The van der Waals surface area contributed by atoms with Gasteiger partial charge in [0.15, 0.2) is 0 Å². The summed E-state index contributed by atoms with van der Waals surface area (Å²) in [5.74, 6) is 1.67. The topological polar surface area (TPSA) is 43.4 Å². The lowest BCUT2D eigenvalue weighted by Gasteiger charge is -2.33. The molecule has 3 atom stereocenters. The Kier molecular flexibility index (Phi) is 6.65. The molecule has 1 aromatic heterocycles. The maximum Gasteiger partial charge on any atom is 0.150 e. The fraction of sp³-hybridized carbons (Fsp3) is 0.258. The zero-order valence-corrected chi connectivity index (χ0v) is 23.5. The molecule has 3 aromatic carbocycles. The highest BCUT2D eigenvalue weighted by atomic mass is 31.1. The van der Waals surface area contributed by atoms with Crippen molar-refractivity contribution < 1.29 is 9.05 Å². The second kappa shape index (κ2) is 10.1. The van der Waals surface area contributed by atoms with E-state index in [1.807, 2.05) is 0 Å². The van der Waals surface area contributed by atoms with Crippen LogP contribution in [-0.2, 0) is 0 Å². The van der Waals surface area contributed by atoms with Crippen LogP contribution in [0.25, 0.3) is 21.8 Å². The lowest BCUT2D eigenvalue weighted by Crippen LogP contribution is -2.28. The van der Waals surface area contributed by atoms with Crippen molar-refractivity contribution >= 4 is 49.1 Å².